The van der Waals surface area contributed by atoms with E-state index in [2.05, 4.69) is 4.98 Å². The summed E-state index contributed by atoms with van der Waals surface area (Å²) in [5, 5.41) is 8.67. The summed E-state index contributed by atoms with van der Waals surface area (Å²) in [6.45, 7) is 0. The van der Waals surface area contributed by atoms with Crippen molar-refractivity contribution in [2.45, 2.75) is 0 Å². The van der Waals surface area contributed by atoms with Gasteiger partial charge in [0, 0.05) is 6.20 Å². The second kappa shape index (κ2) is 4.24. The van der Waals surface area contributed by atoms with E-state index in [0.29, 0.717) is 4.61 Å². The molecule has 1 heterocycles. The molecule has 1 aromatic heterocycles. The van der Waals surface area contributed by atoms with Gasteiger partial charge < -0.3 is 9.84 Å². The molecule has 0 aliphatic carbocycles. The van der Waals surface area contributed by atoms with Crippen LogP contribution in [-0.2, 0) is 0 Å². The number of hydrogen-bond donors (Lipinski definition) is 1. The van der Waals surface area contributed by atoms with Gasteiger partial charge in [0.05, 0.1) is 0 Å². The van der Waals surface area contributed by atoms with Crippen molar-refractivity contribution in [1.29, 1.82) is 0 Å². The lowest BCUT2D eigenvalue weighted by Crippen LogP contribution is -2.02. The molecular weight excluding hydrogens is 273 g/mol. The van der Waals surface area contributed by atoms with Crippen LogP contribution in [0.5, 0.6) is 5.88 Å². The number of halogens is 1. The summed E-state index contributed by atoms with van der Waals surface area (Å²) >= 11 is 1.98. The monoisotopic (exact) mass is 279 g/mol. The Morgan fingerprint density at radius 1 is 1.75 bits per heavy atom. The number of carboxylic acids is 1. The Morgan fingerprint density at radius 2 is 2.50 bits per heavy atom. The van der Waals surface area contributed by atoms with Crippen LogP contribution in [0, 0.1) is 0 Å². The molecule has 0 saturated heterocycles. The van der Waals surface area contributed by atoms with Gasteiger partial charge in [-0.1, -0.05) is 0 Å². The Kier molecular flexibility index (Phi) is 3.27. The molecule has 5 heteroatoms. The van der Waals surface area contributed by atoms with E-state index in [0.717, 1.165) is 0 Å². The fourth-order valence-corrected chi connectivity index (χ4v) is 1.02. The lowest BCUT2D eigenvalue weighted by molar-refractivity contribution is 0.0692. The van der Waals surface area contributed by atoms with E-state index in [1.54, 1.807) is 6.07 Å². The molecule has 0 aromatic carbocycles. The van der Waals surface area contributed by atoms with Crippen LogP contribution in [0.25, 0.3) is 0 Å². The number of nitrogens with zero attached hydrogens (tertiary/aromatic N) is 1. The van der Waals surface area contributed by atoms with Crippen molar-refractivity contribution in [3.63, 3.8) is 0 Å². The molecule has 0 atom stereocenters. The van der Waals surface area contributed by atoms with Crippen LogP contribution < -0.4 is 4.74 Å². The first-order chi connectivity index (χ1) is 5.75. The topological polar surface area (TPSA) is 59.4 Å². The number of carbonyl (C=O) groups is 1. The van der Waals surface area contributed by atoms with Crippen molar-refractivity contribution in [1.82, 2.24) is 4.98 Å². The van der Waals surface area contributed by atoms with Crippen molar-refractivity contribution in [2.24, 2.45) is 0 Å². The Balaban J connectivity index is 3.00. The smallest absolute Gasteiger partial charge is 0.341 e. The van der Waals surface area contributed by atoms with Crippen LogP contribution in [0.2, 0.25) is 0 Å². The number of carboxylic acid groups (broad SMARTS) is 1. The van der Waals surface area contributed by atoms with Crippen molar-refractivity contribution in [2.75, 3.05) is 4.61 Å². The molecule has 0 aliphatic heterocycles. The maximum absolute atomic E-state index is 10.6. The number of ether oxygens (including phenoxy) is 1. The first-order valence-corrected chi connectivity index (χ1v) is 4.65. The summed E-state index contributed by atoms with van der Waals surface area (Å²) in [5.41, 5.74) is 0.0918. The molecule has 0 amide bonds. The van der Waals surface area contributed by atoms with E-state index in [-0.39, 0.29) is 11.4 Å². The molecule has 0 spiro atoms. The molecule has 0 radical (unpaired) electrons. The zero-order chi connectivity index (χ0) is 8.97. The van der Waals surface area contributed by atoms with Gasteiger partial charge in [0.15, 0.2) is 0 Å². The Labute approximate surface area is 82.7 Å². The molecule has 0 bridgehead atoms. The van der Waals surface area contributed by atoms with Crippen LogP contribution in [0.15, 0.2) is 18.3 Å². The fraction of sp³-hybridized carbons (Fsp3) is 0.143. The predicted octanol–water partition coefficient (Wildman–Crippen LogP) is 1.55. The van der Waals surface area contributed by atoms with Crippen molar-refractivity contribution in [3.05, 3.63) is 23.9 Å². The van der Waals surface area contributed by atoms with Gasteiger partial charge in [0.25, 0.3) is 0 Å². The maximum atomic E-state index is 10.6. The predicted molar refractivity (Wildman–Crippen MR) is 50.7 cm³/mol. The Morgan fingerprint density at radius 3 is 3.08 bits per heavy atom. The molecular formula is C7H6INO3. The zero-order valence-electron chi connectivity index (χ0n) is 6.03. The zero-order valence-corrected chi connectivity index (χ0v) is 8.19. The number of aromatic carboxylic acids is 1. The van der Waals surface area contributed by atoms with Crippen LogP contribution in [0.3, 0.4) is 0 Å². The fourth-order valence-electron chi connectivity index (χ4n) is 0.720. The van der Waals surface area contributed by atoms with Gasteiger partial charge in [-0.25, -0.2) is 9.78 Å². The van der Waals surface area contributed by atoms with E-state index < -0.39 is 5.97 Å². The summed E-state index contributed by atoms with van der Waals surface area (Å²) < 4.78 is 5.38. The molecule has 0 fully saturated rings. The van der Waals surface area contributed by atoms with Gasteiger partial charge in [-0.3, -0.25) is 0 Å². The second-order valence-corrected chi connectivity index (χ2v) is 2.54. The van der Waals surface area contributed by atoms with Gasteiger partial charge >= 0.3 is 5.97 Å². The highest BCUT2D eigenvalue weighted by Gasteiger charge is 2.10. The highest BCUT2D eigenvalue weighted by molar-refractivity contribution is 14.1. The Bertz CT molecular complexity index is 290. The second-order valence-electron chi connectivity index (χ2n) is 1.91. The summed E-state index contributed by atoms with van der Waals surface area (Å²) in [5.74, 6) is -0.859. The lowest BCUT2D eigenvalue weighted by Gasteiger charge is -2.02. The van der Waals surface area contributed by atoms with Gasteiger partial charge in [-0.2, -0.15) is 0 Å². The van der Waals surface area contributed by atoms with Gasteiger partial charge in [-0.05, 0) is 34.7 Å². The van der Waals surface area contributed by atoms with E-state index in [1.165, 1.54) is 12.3 Å². The van der Waals surface area contributed by atoms with Crippen LogP contribution >= 0.6 is 22.6 Å². The molecule has 0 unspecified atom stereocenters. The van der Waals surface area contributed by atoms with Crippen LogP contribution in [0.1, 0.15) is 10.4 Å². The number of rotatable bonds is 3. The van der Waals surface area contributed by atoms with Crippen molar-refractivity contribution < 1.29 is 14.6 Å². The number of aromatic nitrogens is 1. The van der Waals surface area contributed by atoms with E-state index >= 15 is 0 Å². The number of pyridine rings is 1. The largest absolute Gasteiger partial charge is 0.477 e. The first-order valence-electron chi connectivity index (χ1n) is 3.12. The molecule has 1 rings (SSSR count). The number of alkyl halides is 1. The average molecular weight is 279 g/mol. The van der Waals surface area contributed by atoms with Crippen LogP contribution in [0.4, 0.5) is 0 Å². The first kappa shape index (κ1) is 9.24. The van der Waals surface area contributed by atoms with E-state index in [1.807, 2.05) is 22.6 Å². The molecule has 1 aromatic rings. The lowest BCUT2D eigenvalue weighted by atomic mass is 10.3. The summed E-state index contributed by atoms with van der Waals surface area (Å²) in [6.07, 6.45) is 1.49. The molecule has 4 nitrogen and oxygen atoms in total. The third kappa shape index (κ3) is 2.07. The minimum absolute atomic E-state index is 0.0918. The standard InChI is InChI=1S/C7H6INO3/c8-4-12-6-5(7(10)11)2-1-3-9-6/h1-3H,4H2,(H,10,11). The number of hydrogen-bond acceptors (Lipinski definition) is 3. The maximum Gasteiger partial charge on any atom is 0.341 e. The SMILES string of the molecule is O=C(O)c1cccnc1OCI. The van der Waals surface area contributed by atoms with E-state index in [4.69, 9.17) is 9.84 Å². The quantitative estimate of drug-likeness (QED) is 0.673. The normalized spacial score (nSPS) is 9.42. The molecule has 1 N–H and O–H groups in total. The Hall–Kier alpha value is -0.850. The van der Waals surface area contributed by atoms with Gasteiger partial charge in [-0.15, -0.1) is 0 Å². The minimum Gasteiger partial charge on any atom is -0.477 e. The molecule has 12 heavy (non-hydrogen) atoms. The highest BCUT2D eigenvalue weighted by Crippen LogP contribution is 2.14. The highest BCUT2D eigenvalue weighted by atomic mass is 127. The van der Waals surface area contributed by atoms with E-state index in [9.17, 15) is 4.79 Å². The summed E-state index contributed by atoms with van der Waals surface area (Å²) in [6, 6.07) is 3.01. The summed E-state index contributed by atoms with van der Waals surface area (Å²) in [4.78, 5) is 14.4. The van der Waals surface area contributed by atoms with Crippen molar-refractivity contribution >= 4 is 28.6 Å². The molecule has 0 aliphatic rings. The third-order valence-electron chi connectivity index (χ3n) is 1.19. The van der Waals surface area contributed by atoms with Gasteiger partial charge in [0.1, 0.15) is 10.2 Å². The summed E-state index contributed by atoms with van der Waals surface area (Å²) in [7, 11) is 0. The van der Waals surface area contributed by atoms with Crippen molar-refractivity contribution in [3.8, 4) is 5.88 Å². The van der Waals surface area contributed by atoms with Gasteiger partial charge in [0.2, 0.25) is 5.88 Å². The average Bonchev–Trinajstić information content (AvgIpc) is 2.05. The molecule has 64 valence electrons. The molecule has 0 saturated carbocycles. The minimum atomic E-state index is -1.03. The third-order valence-corrected chi connectivity index (χ3v) is 1.50. The van der Waals surface area contributed by atoms with Crippen LogP contribution in [-0.4, -0.2) is 20.7 Å².